The Hall–Kier alpha value is -3.43. The first-order chi connectivity index (χ1) is 12.3. The highest BCUT2D eigenvalue weighted by Gasteiger charge is 2.19. The number of hydrogen-bond acceptors (Lipinski definition) is 2. The third-order valence-electron chi connectivity index (χ3n) is 3.66. The van der Waals surface area contributed by atoms with Crippen LogP contribution >= 0.6 is 0 Å². The van der Waals surface area contributed by atoms with E-state index in [2.05, 4.69) is 0 Å². The molecule has 0 saturated carbocycles. The lowest BCUT2D eigenvalue weighted by Crippen LogP contribution is -1.98. The SMILES string of the molecule is CC.N#Cc1c(-c2ccccc2)cc(-c2ccccc2)c(C#N)c1F. The molecule has 0 atom stereocenters. The van der Waals surface area contributed by atoms with Gasteiger partial charge in [0, 0.05) is 11.1 Å². The monoisotopic (exact) mass is 328 g/mol. The van der Waals surface area contributed by atoms with Crippen LogP contribution in [0.1, 0.15) is 25.0 Å². The van der Waals surface area contributed by atoms with Crippen LogP contribution in [-0.2, 0) is 0 Å². The average molecular weight is 328 g/mol. The fourth-order valence-corrected chi connectivity index (χ4v) is 2.56. The van der Waals surface area contributed by atoms with Crippen molar-refractivity contribution in [2.24, 2.45) is 0 Å². The average Bonchev–Trinajstić information content (AvgIpc) is 2.70. The van der Waals surface area contributed by atoms with Crippen molar-refractivity contribution in [2.75, 3.05) is 0 Å². The Morgan fingerprint density at radius 1 is 0.680 bits per heavy atom. The second kappa shape index (κ2) is 8.43. The van der Waals surface area contributed by atoms with Gasteiger partial charge >= 0.3 is 0 Å². The molecule has 0 heterocycles. The fraction of sp³-hybridized carbons (Fsp3) is 0.0909. The van der Waals surface area contributed by atoms with E-state index in [1.54, 1.807) is 6.07 Å². The molecule has 0 radical (unpaired) electrons. The van der Waals surface area contributed by atoms with Crippen LogP contribution in [0.2, 0.25) is 0 Å². The molecule has 0 aromatic heterocycles. The largest absolute Gasteiger partial charge is 0.204 e. The van der Waals surface area contributed by atoms with Crippen LogP contribution in [0.5, 0.6) is 0 Å². The summed E-state index contributed by atoms with van der Waals surface area (Å²) >= 11 is 0. The van der Waals surface area contributed by atoms with Gasteiger partial charge < -0.3 is 0 Å². The molecule has 0 aliphatic heterocycles. The van der Waals surface area contributed by atoms with Crippen LogP contribution in [0.3, 0.4) is 0 Å². The van der Waals surface area contributed by atoms with Crippen molar-refractivity contribution in [1.82, 2.24) is 0 Å². The minimum absolute atomic E-state index is 0.104. The summed E-state index contributed by atoms with van der Waals surface area (Å²) in [4.78, 5) is 0. The molecule has 0 unspecified atom stereocenters. The van der Waals surface area contributed by atoms with Gasteiger partial charge in [-0.1, -0.05) is 74.5 Å². The Bertz CT molecular complexity index is 858. The van der Waals surface area contributed by atoms with Gasteiger partial charge in [-0.15, -0.1) is 0 Å². The van der Waals surface area contributed by atoms with E-state index in [0.29, 0.717) is 11.1 Å². The second-order valence-corrected chi connectivity index (χ2v) is 4.99. The first kappa shape index (κ1) is 17.9. The van der Waals surface area contributed by atoms with Crippen molar-refractivity contribution >= 4 is 0 Å². The van der Waals surface area contributed by atoms with E-state index in [4.69, 9.17) is 0 Å². The van der Waals surface area contributed by atoms with E-state index in [-0.39, 0.29) is 11.1 Å². The molecule has 3 aromatic carbocycles. The molecule has 3 rings (SSSR count). The maximum absolute atomic E-state index is 14.7. The second-order valence-electron chi connectivity index (χ2n) is 4.99. The van der Waals surface area contributed by atoms with Crippen LogP contribution in [0, 0.1) is 28.5 Å². The van der Waals surface area contributed by atoms with Crippen molar-refractivity contribution in [3.05, 3.63) is 83.7 Å². The molecule has 0 fully saturated rings. The molecule has 0 N–H and O–H groups in total. The summed E-state index contributed by atoms with van der Waals surface area (Å²) in [5, 5.41) is 18.7. The maximum atomic E-state index is 14.7. The molecular weight excluding hydrogens is 311 g/mol. The summed E-state index contributed by atoms with van der Waals surface area (Å²) in [5.74, 6) is -0.768. The Kier molecular flexibility index (Phi) is 6.04. The number of halogens is 1. The molecule has 3 aromatic rings. The molecule has 0 aliphatic rings. The highest BCUT2D eigenvalue weighted by atomic mass is 19.1. The van der Waals surface area contributed by atoms with Gasteiger partial charge in [0.15, 0.2) is 5.82 Å². The smallest absolute Gasteiger partial charge is 0.159 e. The third kappa shape index (κ3) is 3.57. The maximum Gasteiger partial charge on any atom is 0.159 e. The molecule has 122 valence electrons. The highest BCUT2D eigenvalue weighted by molar-refractivity contribution is 5.81. The Labute approximate surface area is 147 Å². The predicted octanol–water partition coefficient (Wildman–Crippen LogP) is 5.93. The summed E-state index contributed by atoms with van der Waals surface area (Å²) in [6.07, 6.45) is 0. The van der Waals surface area contributed by atoms with Crippen LogP contribution in [-0.4, -0.2) is 0 Å². The number of nitriles is 2. The van der Waals surface area contributed by atoms with Crippen molar-refractivity contribution < 1.29 is 4.39 Å². The summed E-state index contributed by atoms with van der Waals surface area (Å²) in [7, 11) is 0. The van der Waals surface area contributed by atoms with Gasteiger partial charge in [-0.2, -0.15) is 10.5 Å². The minimum atomic E-state index is -0.768. The predicted molar refractivity (Wildman–Crippen MR) is 98.1 cm³/mol. The number of rotatable bonds is 2. The molecule has 2 nitrogen and oxygen atoms in total. The molecule has 0 bridgehead atoms. The van der Waals surface area contributed by atoms with E-state index in [0.717, 1.165) is 11.1 Å². The fourth-order valence-electron chi connectivity index (χ4n) is 2.56. The topological polar surface area (TPSA) is 47.6 Å². The van der Waals surface area contributed by atoms with Crippen molar-refractivity contribution in [3.8, 4) is 34.4 Å². The van der Waals surface area contributed by atoms with E-state index >= 15 is 0 Å². The van der Waals surface area contributed by atoms with Crippen molar-refractivity contribution in [3.63, 3.8) is 0 Å². The van der Waals surface area contributed by atoms with Gasteiger partial charge in [0.05, 0.1) is 11.1 Å². The van der Waals surface area contributed by atoms with E-state index < -0.39 is 5.82 Å². The zero-order valence-electron chi connectivity index (χ0n) is 14.1. The molecule has 0 spiro atoms. The van der Waals surface area contributed by atoms with E-state index in [1.165, 1.54) is 0 Å². The molecule has 25 heavy (non-hydrogen) atoms. The molecule has 3 heteroatoms. The van der Waals surface area contributed by atoms with Crippen LogP contribution in [0.15, 0.2) is 66.7 Å². The molecule has 0 saturated heterocycles. The van der Waals surface area contributed by atoms with Crippen LogP contribution in [0.4, 0.5) is 4.39 Å². The minimum Gasteiger partial charge on any atom is -0.204 e. The van der Waals surface area contributed by atoms with Gasteiger partial charge in [-0.25, -0.2) is 4.39 Å². The normalized spacial score (nSPS) is 9.32. The Morgan fingerprint density at radius 3 is 1.36 bits per heavy atom. The van der Waals surface area contributed by atoms with E-state index in [9.17, 15) is 14.9 Å². The third-order valence-corrected chi connectivity index (χ3v) is 3.66. The lowest BCUT2D eigenvalue weighted by Gasteiger charge is -2.12. The molecule has 0 amide bonds. The number of hydrogen-bond donors (Lipinski definition) is 0. The summed E-state index contributed by atoms with van der Waals surface area (Å²) in [6, 6.07) is 23.8. The molecular formula is C22H17FN2. The standard InChI is InChI=1S/C20H11FN2.C2H6/c21-20-18(12-22)16(14-7-3-1-4-8-14)11-17(19(20)13-23)15-9-5-2-6-10-15;1-2/h1-11H;1-2H3. The first-order valence-electron chi connectivity index (χ1n) is 8.03. The van der Waals surface area contributed by atoms with Crippen molar-refractivity contribution in [1.29, 1.82) is 10.5 Å². The number of nitrogens with zero attached hydrogens (tertiary/aromatic N) is 2. The highest BCUT2D eigenvalue weighted by Crippen LogP contribution is 2.34. The van der Waals surface area contributed by atoms with Gasteiger partial charge in [0.25, 0.3) is 0 Å². The zero-order chi connectivity index (χ0) is 18.2. The van der Waals surface area contributed by atoms with Gasteiger partial charge in [-0.3, -0.25) is 0 Å². The van der Waals surface area contributed by atoms with Gasteiger partial charge in [0.1, 0.15) is 12.1 Å². The van der Waals surface area contributed by atoms with Crippen LogP contribution < -0.4 is 0 Å². The summed E-state index contributed by atoms with van der Waals surface area (Å²) in [5.41, 5.74) is 2.25. The zero-order valence-corrected chi connectivity index (χ0v) is 14.1. The Morgan fingerprint density at radius 2 is 1.04 bits per heavy atom. The van der Waals surface area contributed by atoms with Crippen LogP contribution in [0.25, 0.3) is 22.3 Å². The van der Waals surface area contributed by atoms with Gasteiger partial charge in [-0.05, 0) is 17.2 Å². The summed E-state index contributed by atoms with van der Waals surface area (Å²) < 4.78 is 14.7. The van der Waals surface area contributed by atoms with Gasteiger partial charge in [0.2, 0.25) is 0 Å². The lowest BCUT2D eigenvalue weighted by atomic mass is 9.91. The van der Waals surface area contributed by atoms with Crippen molar-refractivity contribution in [2.45, 2.75) is 13.8 Å². The molecule has 0 aliphatic carbocycles. The van der Waals surface area contributed by atoms with E-state index in [1.807, 2.05) is 86.6 Å². The quantitative estimate of drug-likeness (QED) is 0.585. The number of benzene rings is 3. The first-order valence-corrected chi connectivity index (χ1v) is 8.03. The Balaban J connectivity index is 0.00000109. The summed E-state index contributed by atoms with van der Waals surface area (Å²) in [6.45, 7) is 4.00. The lowest BCUT2D eigenvalue weighted by molar-refractivity contribution is 0.621.